The Morgan fingerprint density at radius 1 is 1.38 bits per heavy atom. The van der Waals surface area contributed by atoms with E-state index in [-0.39, 0.29) is 24.0 Å². The molecule has 126 valence electrons. The first-order valence-electron chi connectivity index (χ1n) is 7.59. The van der Waals surface area contributed by atoms with Gasteiger partial charge in [0.2, 0.25) is 5.91 Å². The molecular formula is C16H18N4O4. The molecule has 1 saturated heterocycles. The highest BCUT2D eigenvalue weighted by Crippen LogP contribution is 2.15. The van der Waals surface area contributed by atoms with E-state index in [2.05, 4.69) is 10.3 Å². The Kier molecular flexibility index (Phi) is 4.48. The maximum absolute atomic E-state index is 12.4. The predicted octanol–water partition coefficient (Wildman–Crippen LogP) is 0.351. The van der Waals surface area contributed by atoms with Crippen LogP contribution in [0.5, 0.6) is 0 Å². The van der Waals surface area contributed by atoms with E-state index in [4.69, 9.17) is 4.74 Å². The molecule has 2 N–H and O–H groups in total. The molecule has 3 rings (SSSR count). The first kappa shape index (κ1) is 16.0. The van der Waals surface area contributed by atoms with E-state index in [1.165, 1.54) is 11.5 Å². The van der Waals surface area contributed by atoms with Gasteiger partial charge in [-0.2, -0.15) is 0 Å². The Bertz CT molecular complexity index is 810. The van der Waals surface area contributed by atoms with Crippen molar-refractivity contribution in [2.24, 2.45) is 0 Å². The number of carbonyl (C=O) groups is 2. The number of nitrogens with one attached hydrogen (secondary N) is 2. The molecule has 0 bridgehead atoms. The number of imidazole rings is 1. The first-order valence-corrected chi connectivity index (χ1v) is 7.59. The van der Waals surface area contributed by atoms with Crippen LogP contribution in [0.4, 0.5) is 5.69 Å². The quantitative estimate of drug-likeness (QED) is 0.849. The highest BCUT2D eigenvalue weighted by molar-refractivity contribution is 5.95. The normalized spacial score (nSPS) is 17.5. The molecule has 2 heterocycles. The maximum atomic E-state index is 12.4. The lowest BCUT2D eigenvalue weighted by atomic mass is 10.2. The second-order valence-corrected chi connectivity index (χ2v) is 5.50. The third-order valence-electron chi connectivity index (χ3n) is 3.85. The zero-order valence-corrected chi connectivity index (χ0v) is 13.2. The largest absolute Gasteiger partial charge is 0.365 e. The molecule has 1 aromatic heterocycles. The Hall–Kier alpha value is -2.87. The predicted molar refractivity (Wildman–Crippen MR) is 87.0 cm³/mol. The lowest BCUT2D eigenvalue weighted by Gasteiger charge is -2.31. The third kappa shape index (κ3) is 3.38. The number of carbonyl (C=O) groups excluding carboxylic acids is 2. The van der Waals surface area contributed by atoms with Gasteiger partial charge in [0.1, 0.15) is 0 Å². The van der Waals surface area contributed by atoms with Gasteiger partial charge in [-0.25, -0.2) is 4.79 Å². The molecule has 0 aliphatic carbocycles. The van der Waals surface area contributed by atoms with Crippen molar-refractivity contribution in [2.45, 2.75) is 13.0 Å². The van der Waals surface area contributed by atoms with E-state index >= 15 is 0 Å². The summed E-state index contributed by atoms with van der Waals surface area (Å²) in [7, 11) is 0. The fraction of sp³-hybridized carbons (Fsp3) is 0.312. The average Bonchev–Trinajstić information content (AvgIpc) is 3.01. The summed E-state index contributed by atoms with van der Waals surface area (Å²) in [6.45, 7) is 2.53. The molecule has 0 radical (unpaired) electrons. The van der Waals surface area contributed by atoms with Crippen LogP contribution < -0.4 is 11.0 Å². The van der Waals surface area contributed by atoms with Crippen LogP contribution in [0.3, 0.4) is 0 Å². The van der Waals surface area contributed by atoms with Gasteiger partial charge >= 0.3 is 5.69 Å². The van der Waals surface area contributed by atoms with Crippen molar-refractivity contribution in [3.8, 4) is 5.69 Å². The monoisotopic (exact) mass is 330 g/mol. The fourth-order valence-corrected chi connectivity index (χ4v) is 2.57. The minimum absolute atomic E-state index is 0.0788. The molecule has 0 saturated carbocycles. The topological polar surface area (TPSA) is 96.4 Å². The molecule has 1 atom stereocenters. The summed E-state index contributed by atoms with van der Waals surface area (Å²) in [4.78, 5) is 39.6. The van der Waals surface area contributed by atoms with Crippen LogP contribution in [-0.4, -0.2) is 52.1 Å². The molecule has 1 fully saturated rings. The summed E-state index contributed by atoms with van der Waals surface area (Å²) in [5, 5.41) is 2.77. The van der Waals surface area contributed by atoms with Crippen molar-refractivity contribution in [3.63, 3.8) is 0 Å². The summed E-state index contributed by atoms with van der Waals surface area (Å²) in [6, 6.07) is 6.93. The Morgan fingerprint density at radius 3 is 2.92 bits per heavy atom. The van der Waals surface area contributed by atoms with Crippen LogP contribution in [0.15, 0.2) is 41.5 Å². The highest BCUT2D eigenvalue weighted by atomic mass is 16.5. The van der Waals surface area contributed by atoms with Gasteiger partial charge in [0.05, 0.1) is 18.8 Å². The molecule has 1 aromatic carbocycles. The number of nitrogens with zero attached hydrogens (tertiary/aromatic N) is 2. The van der Waals surface area contributed by atoms with Gasteiger partial charge in [0.15, 0.2) is 6.10 Å². The van der Waals surface area contributed by atoms with Gasteiger partial charge in [0, 0.05) is 31.5 Å². The number of aromatic amines is 1. The number of H-pyrrole nitrogens is 1. The van der Waals surface area contributed by atoms with Gasteiger partial charge < -0.3 is 19.9 Å². The second-order valence-electron chi connectivity index (χ2n) is 5.50. The van der Waals surface area contributed by atoms with Gasteiger partial charge in [-0.3, -0.25) is 14.2 Å². The van der Waals surface area contributed by atoms with E-state index in [9.17, 15) is 14.4 Å². The summed E-state index contributed by atoms with van der Waals surface area (Å²) in [5.74, 6) is -0.399. The Morgan fingerprint density at radius 2 is 2.21 bits per heavy atom. The van der Waals surface area contributed by atoms with Crippen LogP contribution in [0.1, 0.15) is 6.92 Å². The molecule has 2 aromatic rings. The Balaban J connectivity index is 1.72. The summed E-state index contributed by atoms with van der Waals surface area (Å²) in [6.07, 6.45) is 2.44. The average molecular weight is 330 g/mol. The molecule has 8 heteroatoms. The zero-order chi connectivity index (χ0) is 17.1. The van der Waals surface area contributed by atoms with Gasteiger partial charge in [-0.15, -0.1) is 0 Å². The lowest BCUT2D eigenvalue weighted by Crippen LogP contribution is -2.49. The van der Waals surface area contributed by atoms with E-state index in [1.807, 2.05) is 0 Å². The minimum atomic E-state index is -0.707. The fourth-order valence-electron chi connectivity index (χ4n) is 2.57. The molecule has 1 aliphatic heterocycles. The summed E-state index contributed by atoms with van der Waals surface area (Å²) < 4.78 is 6.88. The molecule has 0 spiro atoms. The Labute approximate surface area is 138 Å². The van der Waals surface area contributed by atoms with Crippen LogP contribution >= 0.6 is 0 Å². The van der Waals surface area contributed by atoms with Crippen LogP contribution in [0.25, 0.3) is 5.69 Å². The number of hydrogen-bond acceptors (Lipinski definition) is 4. The number of aromatic nitrogens is 2. The number of amides is 2. The van der Waals surface area contributed by atoms with E-state index in [0.717, 1.165) is 0 Å². The molecular weight excluding hydrogens is 312 g/mol. The van der Waals surface area contributed by atoms with Gasteiger partial charge in [-0.05, 0) is 18.2 Å². The van der Waals surface area contributed by atoms with Crippen molar-refractivity contribution in [1.82, 2.24) is 14.5 Å². The van der Waals surface area contributed by atoms with Crippen molar-refractivity contribution in [1.29, 1.82) is 0 Å². The number of anilines is 1. The minimum Gasteiger partial charge on any atom is -0.365 e. The van der Waals surface area contributed by atoms with Gasteiger partial charge in [0.25, 0.3) is 5.91 Å². The van der Waals surface area contributed by atoms with Crippen LogP contribution in [0.2, 0.25) is 0 Å². The number of benzene rings is 1. The van der Waals surface area contributed by atoms with Crippen molar-refractivity contribution in [2.75, 3.05) is 25.0 Å². The van der Waals surface area contributed by atoms with Crippen molar-refractivity contribution >= 4 is 17.5 Å². The zero-order valence-electron chi connectivity index (χ0n) is 13.2. The van der Waals surface area contributed by atoms with E-state index in [0.29, 0.717) is 24.5 Å². The summed E-state index contributed by atoms with van der Waals surface area (Å²) in [5.41, 5.74) is 0.925. The first-order chi connectivity index (χ1) is 11.5. The standard InChI is InChI=1S/C16H18N4O4/c1-11(21)19-7-8-24-14(10-19)15(22)18-12-3-2-4-13(9-12)20-6-5-17-16(20)23/h2-6,9,14H,7-8,10H2,1H3,(H,17,23)(H,18,22). The van der Waals surface area contributed by atoms with Crippen LogP contribution in [0, 0.1) is 0 Å². The lowest BCUT2D eigenvalue weighted by molar-refractivity contribution is -0.143. The highest BCUT2D eigenvalue weighted by Gasteiger charge is 2.27. The van der Waals surface area contributed by atoms with Gasteiger partial charge in [-0.1, -0.05) is 6.07 Å². The molecule has 1 unspecified atom stereocenters. The number of morpholine rings is 1. The molecule has 1 aliphatic rings. The number of hydrogen-bond donors (Lipinski definition) is 2. The maximum Gasteiger partial charge on any atom is 0.330 e. The smallest absolute Gasteiger partial charge is 0.330 e. The van der Waals surface area contributed by atoms with E-state index in [1.54, 1.807) is 41.6 Å². The number of rotatable bonds is 3. The number of ether oxygens (including phenoxy) is 1. The molecule has 2 amide bonds. The molecule has 24 heavy (non-hydrogen) atoms. The van der Waals surface area contributed by atoms with Crippen molar-refractivity contribution < 1.29 is 14.3 Å². The second kappa shape index (κ2) is 6.71. The van der Waals surface area contributed by atoms with E-state index < -0.39 is 6.10 Å². The molecule has 8 nitrogen and oxygen atoms in total. The van der Waals surface area contributed by atoms with Crippen molar-refractivity contribution in [3.05, 3.63) is 47.1 Å². The summed E-state index contributed by atoms with van der Waals surface area (Å²) >= 11 is 0. The third-order valence-corrected chi connectivity index (χ3v) is 3.85. The van der Waals surface area contributed by atoms with Crippen LogP contribution in [-0.2, 0) is 14.3 Å². The SMILES string of the molecule is CC(=O)N1CCOC(C(=O)Nc2cccc(-n3cc[nH]c3=O)c2)C1.